The number of fused-ring (bicyclic) bond motifs is 2. The molecule has 29 heavy (non-hydrogen) atoms. The fourth-order valence-corrected chi connectivity index (χ4v) is 4.05. The molecule has 2 unspecified atom stereocenters. The molecule has 0 saturated carbocycles. The molecule has 2 N–H and O–H groups in total. The third-order valence-electron chi connectivity index (χ3n) is 5.09. The Hall–Kier alpha value is -2.52. The van der Waals surface area contributed by atoms with E-state index in [2.05, 4.69) is 27.8 Å². The van der Waals surface area contributed by atoms with Crippen LogP contribution in [-0.2, 0) is 4.75 Å². The van der Waals surface area contributed by atoms with Crippen molar-refractivity contribution in [2.75, 3.05) is 6.61 Å². The molecule has 0 spiro atoms. The van der Waals surface area contributed by atoms with Gasteiger partial charge in [-0.25, -0.2) is 0 Å². The van der Waals surface area contributed by atoms with Gasteiger partial charge >= 0.3 is 6.18 Å². The Balaban J connectivity index is 1.72. The summed E-state index contributed by atoms with van der Waals surface area (Å²) in [7, 11) is 0. The molecule has 0 amide bonds. The molecule has 152 valence electrons. The number of rotatable bonds is 4. The van der Waals surface area contributed by atoms with Gasteiger partial charge in [-0.3, -0.25) is 10.1 Å². The maximum atomic E-state index is 13.9. The third-order valence-corrected chi connectivity index (χ3v) is 5.72. The molecule has 0 saturated heterocycles. The maximum absolute atomic E-state index is 13.9. The zero-order chi connectivity index (χ0) is 20.7. The van der Waals surface area contributed by atoms with E-state index in [1.54, 1.807) is 42.5 Å². The summed E-state index contributed by atoms with van der Waals surface area (Å²) in [5.41, 5.74) is -1.74. The van der Waals surface area contributed by atoms with Crippen LogP contribution >= 0.6 is 12.6 Å². The number of aromatic nitrogens is 2. The van der Waals surface area contributed by atoms with Gasteiger partial charge in [0, 0.05) is 34.8 Å². The Morgan fingerprint density at radius 2 is 2.03 bits per heavy atom. The van der Waals surface area contributed by atoms with Crippen LogP contribution in [0.15, 0.2) is 53.7 Å². The number of alkyl halides is 3. The molecular formula is C20H18F3N3O2S. The molecule has 2 heterocycles. The van der Waals surface area contributed by atoms with Gasteiger partial charge in [-0.05, 0) is 18.2 Å². The summed E-state index contributed by atoms with van der Waals surface area (Å²) in [4.78, 5) is 3.98. The maximum Gasteiger partial charge on any atom is 0.422 e. The molecule has 0 aliphatic carbocycles. The van der Waals surface area contributed by atoms with E-state index in [-0.39, 0.29) is 18.7 Å². The fraction of sp³-hybridized carbons (Fsp3) is 0.300. The minimum Gasteiger partial charge on any atom is -0.493 e. The van der Waals surface area contributed by atoms with Crippen molar-refractivity contribution >= 4 is 35.4 Å². The lowest BCUT2D eigenvalue weighted by molar-refractivity contribution is -0.233. The fourth-order valence-electron chi connectivity index (χ4n) is 3.53. The van der Waals surface area contributed by atoms with Gasteiger partial charge in [0.2, 0.25) is 0 Å². The number of hydrogen-bond donors (Lipinski definition) is 3. The number of aliphatic hydroxyl groups is 1. The summed E-state index contributed by atoms with van der Waals surface area (Å²) in [6.07, 6.45) is -3.38. The Morgan fingerprint density at radius 1 is 1.24 bits per heavy atom. The summed E-state index contributed by atoms with van der Waals surface area (Å²) in [5.74, 6) is 0.471. The van der Waals surface area contributed by atoms with Gasteiger partial charge < -0.3 is 9.84 Å². The van der Waals surface area contributed by atoms with Gasteiger partial charge in [0.1, 0.15) is 5.75 Å². The SMILES string of the molecule is OC(C=Nc1cccc2[nH]ncc12)(CC1(S)CCOc2ccccc21)C(F)(F)F. The van der Waals surface area contributed by atoms with Crippen LogP contribution in [0.25, 0.3) is 10.9 Å². The van der Waals surface area contributed by atoms with E-state index >= 15 is 0 Å². The molecule has 1 aromatic heterocycles. The Kier molecular flexibility index (Phi) is 4.82. The molecule has 5 nitrogen and oxygen atoms in total. The Bertz CT molecular complexity index is 1070. The van der Waals surface area contributed by atoms with E-state index in [1.807, 2.05) is 0 Å². The lowest BCUT2D eigenvalue weighted by Crippen LogP contribution is -2.51. The van der Waals surface area contributed by atoms with Gasteiger partial charge in [0.25, 0.3) is 0 Å². The average Bonchev–Trinajstić information content (AvgIpc) is 3.15. The van der Waals surface area contributed by atoms with Gasteiger partial charge in [0.05, 0.1) is 24.0 Å². The van der Waals surface area contributed by atoms with Crippen molar-refractivity contribution in [3.63, 3.8) is 0 Å². The molecule has 2 atom stereocenters. The molecular weight excluding hydrogens is 403 g/mol. The van der Waals surface area contributed by atoms with Crippen molar-refractivity contribution in [2.24, 2.45) is 4.99 Å². The Morgan fingerprint density at radius 3 is 2.83 bits per heavy atom. The quantitative estimate of drug-likeness (QED) is 0.427. The summed E-state index contributed by atoms with van der Waals surface area (Å²) in [6.45, 7) is 0.208. The molecule has 0 bridgehead atoms. The molecule has 9 heteroatoms. The van der Waals surface area contributed by atoms with Crippen LogP contribution < -0.4 is 4.74 Å². The highest BCUT2D eigenvalue weighted by Gasteiger charge is 2.57. The van der Waals surface area contributed by atoms with E-state index in [1.165, 1.54) is 6.20 Å². The molecule has 0 fully saturated rings. The molecule has 4 rings (SSSR count). The van der Waals surface area contributed by atoms with Gasteiger partial charge in [-0.2, -0.15) is 30.9 Å². The third kappa shape index (κ3) is 3.60. The molecule has 0 radical (unpaired) electrons. The van der Waals surface area contributed by atoms with Crippen LogP contribution in [0.3, 0.4) is 0 Å². The monoisotopic (exact) mass is 421 g/mol. The van der Waals surface area contributed by atoms with Crippen molar-refractivity contribution in [1.29, 1.82) is 0 Å². The Labute approximate surface area is 170 Å². The molecule has 1 aliphatic heterocycles. The van der Waals surface area contributed by atoms with Gasteiger partial charge in [-0.1, -0.05) is 24.3 Å². The van der Waals surface area contributed by atoms with Gasteiger partial charge in [-0.15, -0.1) is 0 Å². The number of para-hydroxylation sites is 1. The van der Waals surface area contributed by atoms with Crippen molar-refractivity contribution in [3.8, 4) is 5.75 Å². The van der Waals surface area contributed by atoms with E-state index in [0.29, 0.717) is 28.4 Å². The van der Waals surface area contributed by atoms with Crippen molar-refractivity contribution in [3.05, 3.63) is 54.2 Å². The lowest BCUT2D eigenvalue weighted by atomic mass is 9.81. The van der Waals surface area contributed by atoms with E-state index in [4.69, 9.17) is 4.74 Å². The van der Waals surface area contributed by atoms with Crippen molar-refractivity contribution in [1.82, 2.24) is 10.2 Å². The van der Waals surface area contributed by atoms with Crippen LogP contribution in [0.1, 0.15) is 18.4 Å². The topological polar surface area (TPSA) is 70.5 Å². The smallest absolute Gasteiger partial charge is 0.422 e. The van der Waals surface area contributed by atoms with E-state index in [0.717, 1.165) is 0 Å². The van der Waals surface area contributed by atoms with Crippen molar-refractivity contribution in [2.45, 2.75) is 29.4 Å². The normalized spacial score (nSPS) is 21.7. The van der Waals surface area contributed by atoms with Crippen LogP contribution in [0.2, 0.25) is 0 Å². The summed E-state index contributed by atoms with van der Waals surface area (Å²) < 4.78 is 46.1. The lowest BCUT2D eigenvalue weighted by Gasteiger charge is -2.40. The first-order valence-electron chi connectivity index (χ1n) is 8.93. The molecule has 2 aromatic carbocycles. The second-order valence-electron chi connectivity index (χ2n) is 7.09. The summed E-state index contributed by atoms with van der Waals surface area (Å²) in [5, 5.41) is 17.9. The number of aliphatic imine (C=N–C) groups is 1. The van der Waals surface area contributed by atoms with E-state index in [9.17, 15) is 18.3 Å². The molecule has 3 aromatic rings. The first-order chi connectivity index (χ1) is 13.7. The second kappa shape index (κ2) is 7.07. The zero-order valence-electron chi connectivity index (χ0n) is 15.1. The molecule has 1 aliphatic rings. The zero-order valence-corrected chi connectivity index (χ0v) is 16.0. The highest BCUT2D eigenvalue weighted by molar-refractivity contribution is 7.81. The number of hydrogen-bond acceptors (Lipinski definition) is 5. The number of benzene rings is 2. The van der Waals surface area contributed by atoms with Crippen LogP contribution in [0.4, 0.5) is 18.9 Å². The summed E-state index contributed by atoms with van der Waals surface area (Å²) in [6, 6.07) is 11.7. The average molecular weight is 421 g/mol. The number of nitrogens with one attached hydrogen (secondary N) is 1. The van der Waals surface area contributed by atoms with Crippen LogP contribution in [0.5, 0.6) is 5.75 Å². The van der Waals surface area contributed by atoms with Crippen LogP contribution in [0, 0.1) is 0 Å². The number of H-pyrrole nitrogens is 1. The number of nitrogens with zero attached hydrogens (tertiary/aromatic N) is 2. The standard InChI is InChI=1S/C20H18F3N3O2S/c21-20(22,23)19(27,12-24-15-5-3-6-16-13(15)10-25-26-16)11-18(29)8-9-28-17-7-2-1-4-14(17)18/h1-7,10,12,27,29H,8-9,11H2,(H,25,26). The highest BCUT2D eigenvalue weighted by atomic mass is 32.1. The van der Waals surface area contributed by atoms with Gasteiger partial charge in [0.15, 0.2) is 5.60 Å². The largest absolute Gasteiger partial charge is 0.493 e. The minimum atomic E-state index is -4.94. The predicted octanol–water partition coefficient (Wildman–Crippen LogP) is 4.56. The summed E-state index contributed by atoms with van der Waals surface area (Å²) >= 11 is 4.57. The number of ether oxygens (including phenoxy) is 1. The van der Waals surface area contributed by atoms with Crippen LogP contribution in [-0.4, -0.2) is 39.9 Å². The number of thiol groups is 1. The predicted molar refractivity (Wildman–Crippen MR) is 107 cm³/mol. The van der Waals surface area contributed by atoms with E-state index < -0.39 is 22.9 Å². The number of halogens is 3. The first-order valence-corrected chi connectivity index (χ1v) is 9.38. The van der Waals surface area contributed by atoms with Crippen molar-refractivity contribution < 1.29 is 23.0 Å². The first kappa shape index (κ1) is 19.8. The number of aromatic amines is 1. The second-order valence-corrected chi connectivity index (χ2v) is 7.95. The highest BCUT2D eigenvalue weighted by Crippen LogP contribution is 2.49. The minimum absolute atomic E-state index is 0.208.